The lowest BCUT2D eigenvalue weighted by Gasteiger charge is -2.34. The van der Waals surface area contributed by atoms with Crippen LogP contribution in [0.3, 0.4) is 0 Å². The molecule has 0 radical (unpaired) electrons. The summed E-state index contributed by atoms with van der Waals surface area (Å²) in [6.45, 7) is 6.07. The Morgan fingerprint density at radius 3 is 2.32 bits per heavy atom. The van der Waals surface area contributed by atoms with E-state index in [1.807, 2.05) is 31.2 Å². The average molecular weight is 464 g/mol. The van der Waals surface area contributed by atoms with Crippen LogP contribution in [0.4, 0.5) is 4.79 Å². The van der Waals surface area contributed by atoms with E-state index < -0.39 is 0 Å². The molecule has 3 amide bonds. The van der Waals surface area contributed by atoms with E-state index in [9.17, 15) is 14.4 Å². The van der Waals surface area contributed by atoms with Crippen molar-refractivity contribution in [3.05, 3.63) is 34.7 Å². The first kappa shape index (κ1) is 23.1. The molecule has 0 atom stereocenters. The number of carbonyl (C=O) groups is 3. The Balaban J connectivity index is 1.57. The van der Waals surface area contributed by atoms with Gasteiger partial charge >= 0.3 is 6.09 Å². The van der Waals surface area contributed by atoms with E-state index in [0.717, 1.165) is 11.3 Å². The highest BCUT2D eigenvalue weighted by Gasteiger charge is 2.35. The molecule has 8 nitrogen and oxygen atoms in total. The highest BCUT2D eigenvalue weighted by Crippen LogP contribution is 2.32. The van der Waals surface area contributed by atoms with E-state index in [0.29, 0.717) is 48.6 Å². The molecule has 0 bridgehead atoms. The van der Waals surface area contributed by atoms with E-state index in [2.05, 4.69) is 0 Å². The Labute approximate surface area is 191 Å². The van der Waals surface area contributed by atoms with Gasteiger partial charge in [-0.1, -0.05) is 36.1 Å². The van der Waals surface area contributed by atoms with E-state index in [4.69, 9.17) is 21.7 Å². The van der Waals surface area contributed by atoms with Crippen LogP contribution in [-0.4, -0.2) is 82.9 Å². The maximum absolute atomic E-state index is 12.8. The molecule has 0 unspecified atom stereocenters. The van der Waals surface area contributed by atoms with Gasteiger partial charge in [0.05, 0.1) is 18.1 Å². The fourth-order valence-corrected chi connectivity index (χ4v) is 4.46. The van der Waals surface area contributed by atoms with E-state index in [1.54, 1.807) is 22.8 Å². The van der Waals surface area contributed by atoms with Crippen molar-refractivity contribution in [1.29, 1.82) is 0 Å². The summed E-state index contributed by atoms with van der Waals surface area (Å²) < 4.78 is 10.8. The van der Waals surface area contributed by atoms with Crippen molar-refractivity contribution in [2.75, 3.05) is 45.9 Å². The van der Waals surface area contributed by atoms with Crippen LogP contribution < -0.4 is 4.74 Å². The zero-order valence-corrected chi connectivity index (χ0v) is 19.2. The molecule has 0 saturated carbocycles. The van der Waals surface area contributed by atoms with Gasteiger partial charge < -0.3 is 19.3 Å². The lowest BCUT2D eigenvalue weighted by Crippen LogP contribution is -2.53. The summed E-state index contributed by atoms with van der Waals surface area (Å²) in [5.74, 6) is 0.297. The zero-order valence-electron chi connectivity index (χ0n) is 17.5. The second kappa shape index (κ2) is 10.6. The molecule has 1 aromatic rings. The number of amides is 3. The number of nitrogens with zero attached hydrogens (tertiary/aromatic N) is 3. The first-order valence-corrected chi connectivity index (χ1v) is 11.3. The summed E-state index contributed by atoms with van der Waals surface area (Å²) in [6, 6.07) is 7.42. The van der Waals surface area contributed by atoms with Gasteiger partial charge in [0, 0.05) is 26.2 Å². The van der Waals surface area contributed by atoms with Gasteiger partial charge in [-0.05, 0) is 37.6 Å². The maximum atomic E-state index is 12.8. The number of thioether (sulfide) groups is 1. The van der Waals surface area contributed by atoms with Crippen LogP contribution in [0.2, 0.25) is 0 Å². The number of thiocarbonyl (C=S) groups is 1. The number of benzene rings is 1. The average Bonchev–Trinajstić information content (AvgIpc) is 3.03. The number of piperazine rings is 1. The molecule has 2 fully saturated rings. The minimum Gasteiger partial charge on any atom is -0.494 e. The van der Waals surface area contributed by atoms with Crippen LogP contribution >= 0.6 is 24.0 Å². The summed E-state index contributed by atoms with van der Waals surface area (Å²) in [4.78, 5) is 42.3. The SMILES string of the molecule is CCOC(=O)N1CCN(C(=O)CN2C(=O)C(=Cc3ccc(OCC)cc3)SC2=S)CC1. The molecule has 2 aliphatic rings. The molecule has 10 heteroatoms. The van der Waals surface area contributed by atoms with Crippen LogP contribution in [0.1, 0.15) is 19.4 Å². The van der Waals surface area contributed by atoms with E-state index in [-0.39, 0.29) is 24.5 Å². The third-order valence-corrected chi connectivity index (χ3v) is 6.19. The number of hydrogen-bond donors (Lipinski definition) is 0. The Kier molecular flexibility index (Phi) is 7.91. The van der Waals surface area contributed by atoms with Crippen LogP contribution in [-0.2, 0) is 14.3 Å². The molecule has 3 rings (SSSR count). The standard InChI is InChI=1S/C21H25N3O5S2/c1-3-28-16-7-5-15(6-8-16)13-17-19(26)24(21(30)31-17)14-18(25)22-9-11-23(12-10-22)20(27)29-4-2/h5-8,13H,3-4,9-12,14H2,1-2H3. The van der Waals surface area contributed by atoms with Crippen LogP contribution in [0.25, 0.3) is 6.08 Å². The molecule has 1 aromatic carbocycles. The van der Waals surface area contributed by atoms with E-state index >= 15 is 0 Å². The predicted molar refractivity (Wildman–Crippen MR) is 123 cm³/mol. The first-order chi connectivity index (χ1) is 14.9. The summed E-state index contributed by atoms with van der Waals surface area (Å²) in [5, 5.41) is 0. The fourth-order valence-electron chi connectivity index (χ4n) is 3.20. The second-order valence-corrected chi connectivity index (χ2v) is 8.51. The van der Waals surface area contributed by atoms with Crippen molar-refractivity contribution in [2.45, 2.75) is 13.8 Å². The van der Waals surface area contributed by atoms with Gasteiger partial charge in [-0.3, -0.25) is 14.5 Å². The third-order valence-electron chi connectivity index (χ3n) is 4.81. The summed E-state index contributed by atoms with van der Waals surface area (Å²) >= 11 is 6.52. The minimum absolute atomic E-state index is 0.106. The number of carbonyl (C=O) groups excluding carboxylic acids is 3. The molecule has 0 aliphatic carbocycles. The molecule has 0 spiro atoms. The van der Waals surface area contributed by atoms with Gasteiger partial charge in [0.2, 0.25) is 5.91 Å². The molecule has 0 aromatic heterocycles. The zero-order chi connectivity index (χ0) is 22.4. The van der Waals surface area contributed by atoms with Crippen LogP contribution in [0.5, 0.6) is 5.75 Å². The monoisotopic (exact) mass is 463 g/mol. The minimum atomic E-state index is -0.369. The molecule has 31 heavy (non-hydrogen) atoms. The largest absolute Gasteiger partial charge is 0.494 e. The highest BCUT2D eigenvalue weighted by molar-refractivity contribution is 8.26. The van der Waals surface area contributed by atoms with Crippen molar-refractivity contribution < 1.29 is 23.9 Å². The highest BCUT2D eigenvalue weighted by atomic mass is 32.2. The van der Waals surface area contributed by atoms with Crippen LogP contribution in [0.15, 0.2) is 29.2 Å². The van der Waals surface area contributed by atoms with Gasteiger partial charge in [-0.25, -0.2) is 4.79 Å². The Morgan fingerprint density at radius 2 is 1.71 bits per heavy atom. The lowest BCUT2D eigenvalue weighted by atomic mass is 10.2. The fraction of sp³-hybridized carbons (Fsp3) is 0.429. The van der Waals surface area contributed by atoms with Crippen molar-refractivity contribution in [2.24, 2.45) is 0 Å². The van der Waals surface area contributed by atoms with Gasteiger partial charge in [0.15, 0.2) is 0 Å². The third kappa shape index (κ3) is 5.76. The van der Waals surface area contributed by atoms with Crippen molar-refractivity contribution in [3.63, 3.8) is 0 Å². The molecule has 166 valence electrons. The lowest BCUT2D eigenvalue weighted by molar-refractivity contribution is -0.136. The summed E-state index contributed by atoms with van der Waals surface area (Å²) in [5.41, 5.74) is 0.852. The molecule has 2 saturated heterocycles. The van der Waals surface area contributed by atoms with Crippen molar-refractivity contribution in [1.82, 2.24) is 14.7 Å². The van der Waals surface area contributed by atoms with Crippen LogP contribution in [0, 0.1) is 0 Å². The molecule has 2 heterocycles. The van der Waals surface area contributed by atoms with Gasteiger partial charge in [-0.15, -0.1) is 0 Å². The van der Waals surface area contributed by atoms with Gasteiger partial charge in [-0.2, -0.15) is 0 Å². The Bertz CT molecular complexity index is 880. The number of ether oxygens (including phenoxy) is 2. The van der Waals surface area contributed by atoms with E-state index in [1.165, 1.54) is 16.7 Å². The van der Waals surface area contributed by atoms with Crippen molar-refractivity contribution in [3.8, 4) is 5.75 Å². The number of hydrogen-bond acceptors (Lipinski definition) is 7. The molecular formula is C21H25N3O5S2. The predicted octanol–water partition coefficient (Wildman–Crippen LogP) is 2.59. The van der Waals surface area contributed by atoms with Gasteiger partial charge in [0.25, 0.3) is 5.91 Å². The molecular weight excluding hydrogens is 438 g/mol. The molecule has 0 N–H and O–H groups in total. The van der Waals surface area contributed by atoms with Crippen molar-refractivity contribution >= 4 is 52.3 Å². The second-order valence-electron chi connectivity index (χ2n) is 6.84. The van der Waals surface area contributed by atoms with Gasteiger partial charge in [0.1, 0.15) is 16.6 Å². The topological polar surface area (TPSA) is 79.4 Å². The Morgan fingerprint density at radius 1 is 1.06 bits per heavy atom. The normalized spacial score (nSPS) is 18.0. The first-order valence-electron chi connectivity index (χ1n) is 10.1. The smallest absolute Gasteiger partial charge is 0.409 e. The maximum Gasteiger partial charge on any atom is 0.409 e. The summed E-state index contributed by atoms with van der Waals surface area (Å²) in [6.07, 6.45) is 1.39. The quantitative estimate of drug-likeness (QED) is 0.474. The summed E-state index contributed by atoms with van der Waals surface area (Å²) in [7, 11) is 0. The Hall–Kier alpha value is -2.59. The molecule has 2 aliphatic heterocycles. The number of rotatable bonds is 6.